The first-order chi connectivity index (χ1) is 7.74. The second-order valence-electron chi connectivity index (χ2n) is 3.94. The molecule has 0 spiro atoms. The summed E-state index contributed by atoms with van der Waals surface area (Å²) < 4.78 is 1.61. The molecule has 1 N–H and O–H groups in total. The van der Waals surface area contributed by atoms with E-state index in [2.05, 4.69) is 12.0 Å². The molecule has 1 aromatic heterocycles. The summed E-state index contributed by atoms with van der Waals surface area (Å²) in [6, 6.07) is 9.65. The Bertz CT molecular complexity index is 523. The summed E-state index contributed by atoms with van der Waals surface area (Å²) in [6.45, 7) is 4.03. The van der Waals surface area contributed by atoms with Crippen LogP contribution >= 0.6 is 0 Å². The van der Waals surface area contributed by atoms with Crippen molar-refractivity contribution in [3.05, 3.63) is 51.9 Å². The summed E-state index contributed by atoms with van der Waals surface area (Å²) in [5, 5.41) is 3.12. The average Bonchev–Trinajstić information content (AvgIpc) is 2.59. The number of rotatable bonds is 3. The lowest BCUT2D eigenvalue weighted by molar-refractivity contribution is 0.833. The Morgan fingerprint density at radius 1 is 1.25 bits per heavy atom. The average molecular weight is 216 g/mol. The molecular formula is C13H16N2O. The number of aryl methyl sites for hydroxylation is 1. The lowest BCUT2D eigenvalue weighted by atomic mass is 10.1. The zero-order valence-corrected chi connectivity index (χ0v) is 9.66. The van der Waals surface area contributed by atoms with Crippen molar-refractivity contribution in [3.8, 4) is 5.69 Å². The van der Waals surface area contributed by atoms with Crippen LogP contribution in [0.2, 0.25) is 0 Å². The third kappa shape index (κ3) is 1.81. The number of hydrogen-bond acceptors (Lipinski definition) is 1. The highest BCUT2D eigenvalue weighted by molar-refractivity contribution is 5.32. The van der Waals surface area contributed by atoms with Gasteiger partial charge in [0, 0.05) is 11.3 Å². The molecule has 3 heteroatoms. The van der Waals surface area contributed by atoms with Crippen LogP contribution in [0.1, 0.15) is 24.6 Å². The summed E-state index contributed by atoms with van der Waals surface area (Å²) in [4.78, 5) is 12.1. The van der Waals surface area contributed by atoms with Gasteiger partial charge in [-0.15, -0.1) is 0 Å². The van der Waals surface area contributed by atoms with Crippen LogP contribution in [-0.4, -0.2) is 9.78 Å². The summed E-state index contributed by atoms with van der Waals surface area (Å²) in [7, 11) is 0. The van der Waals surface area contributed by atoms with Gasteiger partial charge in [0.05, 0.1) is 5.69 Å². The van der Waals surface area contributed by atoms with Crippen LogP contribution in [-0.2, 0) is 6.42 Å². The quantitative estimate of drug-likeness (QED) is 0.840. The molecule has 0 amide bonds. The van der Waals surface area contributed by atoms with Crippen molar-refractivity contribution in [2.45, 2.75) is 26.7 Å². The van der Waals surface area contributed by atoms with Crippen LogP contribution in [0.25, 0.3) is 5.69 Å². The first-order valence-corrected chi connectivity index (χ1v) is 5.60. The molecule has 0 radical (unpaired) electrons. The monoisotopic (exact) mass is 216 g/mol. The van der Waals surface area contributed by atoms with Gasteiger partial charge in [0.1, 0.15) is 0 Å². The molecule has 0 bridgehead atoms. The molecule has 0 saturated carbocycles. The van der Waals surface area contributed by atoms with Gasteiger partial charge in [-0.1, -0.05) is 31.5 Å². The number of nitrogens with zero attached hydrogens (tertiary/aromatic N) is 1. The fourth-order valence-electron chi connectivity index (χ4n) is 1.88. The summed E-state index contributed by atoms with van der Waals surface area (Å²) >= 11 is 0. The molecule has 0 aliphatic rings. The highest BCUT2D eigenvalue weighted by Crippen LogP contribution is 2.07. The number of aromatic nitrogens is 2. The maximum absolute atomic E-state index is 12.1. The zero-order chi connectivity index (χ0) is 11.5. The summed E-state index contributed by atoms with van der Waals surface area (Å²) in [5.74, 6) is 0. The van der Waals surface area contributed by atoms with Crippen LogP contribution in [0.4, 0.5) is 0 Å². The van der Waals surface area contributed by atoms with Gasteiger partial charge in [-0.2, -0.15) is 0 Å². The van der Waals surface area contributed by atoms with Gasteiger partial charge < -0.3 is 0 Å². The smallest absolute Gasteiger partial charge is 0.274 e. The molecule has 2 aromatic rings. The molecule has 0 atom stereocenters. The third-order valence-electron chi connectivity index (χ3n) is 2.71. The van der Waals surface area contributed by atoms with Crippen molar-refractivity contribution >= 4 is 0 Å². The van der Waals surface area contributed by atoms with Crippen molar-refractivity contribution in [2.75, 3.05) is 0 Å². The molecule has 0 fully saturated rings. The van der Waals surface area contributed by atoms with E-state index in [4.69, 9.17) is 0 Å². The van der Waals surface area contributed by atoms with E-state index in [1.54, 1.807) is 4.68 Å². The van der Waals surface area contributed by atoms with Crippen LogP contribution in [0.15, 0.2) is 35.1 Å². The highest BCUT2D eigenvalue weighted by atomic mass is 16.1. The first-order valence-electron chi connectivity index (χ1n) is 5.60. The minimum Gasteiger partial charge on any atom is -0.295 e. The Kier molecular flexibility index (Phi) is 2.95. The normalized spacial score (nSPS) is 10.6. The van der Waals surface area contributed by atoms with E-state index in [1.807, 2.05) is 37.3 Å². The molecule has 1 aromatic carbocycles. The molecule has 0 aliphatic heterocycles. The Morgan fingerprint density at radius 3 is 2.56 bits per heavy atom. The van der Waals surface area contributed by atoms with Gasteiger partial charge in [-0.25, -0.2) is 4.68 Å². The van der Waals surface area contributed by atoms with Gasteiger partial charge in [0.25, 0.3) is 5.56 Å². The van der Waals surface area contributed by atoms with Crippen LogP contribution in [0, 0.1) is 6.92 Å². The van der Waals surface area contributed by atoms with E-state index in [-0.39, 0.29) is 5.56 Å². The predicted molar refractivity (Wildman–Crippen MR) is 65.1 cm³/mol. The molecule has 16 heavy (non-hydrogen) atoms. The van der Waals surface area contributed by atoms with E-state index < -0.39 is 0 Å². The SMILES string of the molecule is CCCc1c(C)[nH]n(-c2ccccc2)c1=O. The van der Waals surface area contributed by atoms with Crippen LogP contribution < -0.4 is 5.56 Å². The van der Waals surface area contributed by atoms with Crippen molar-refractivity contribution in [3.63, 3.8) is 0 Å². The largest absolute Gasteiger partial charge is 0.295 e. The van der Waals surface area contributed by atoms with Gasteiger partial charge in [0.15, 0.2) is 0 Å². The second kappa shape index (κ2) is 4.39. The third-order valence-corrected chi connectivity index (χ3v) is 2.71. The van der Waals surface area contributed by atoms with E-state index in [0.717, 1.165) is 29.8 Å². The predicted octanol–water partition coefficient (Wildman–Crippen LogP) is 2.43. The number of benzene rings is 1. The number of aromatic amines is 1. The minimum absolute atomic E-state index is 0.0746. The van der Waals surface area contributed by atoms with E-state index in [9.17, 15) is 4.79 Å². The van der Waals surface area contributed by atoms with Crippen molar-refractivity contribution in [1.82, 2.24) is 9.78 Å². The fraction of sp³-hybridized carbons (Fsp3) is 0.308. The van der Waals surface area contributed by atoms with Gasteiger partial charge >= 0.3 is 0 Å². The van der Waals surface area contributed by atoms with E-state index in [1.165, 1.54) is 0 Å². The van der Waals surface area contributed by atoms with E-state index >= 15 is 0 Å². The van der Waals surface area contributed by atoms with Gasteiger partial charge in [-0.05, 0) is 25.5 Å². The van der Waals surface area contributed by atoms with Gasteiger partial charge in [-0.3, -0.25) is 9.89 Å². The lowest BCUT2D eigenvalue weighted by Gasteiger charge is -1.99. The lowest BCUT2D eigenvalue weighted by Crippen LogP contribution is -2.17. The second-order valence-corrected chi connectivity index (χ2v) is 3.94. The molecule has 0 saturated heterocycles. The maximum atomic E-state index is 12.1. The fourth-order valence-corrected chi connectivity index (χ4v) is 1.88. The van der Waals surface area contributed by atoms with Crippen LogP contribution in [0.5, 0.6) is 0 Å². The van der Waals surface area contributed by atoms with Crippen molar-refractivity contribution < 1.29 is 0 Å². The number of H-pyrrole nitrogens is 1. The van der Waals surface area contributed by atoms with E-state index in [0.29, 0.717) is 0 Å². The Labute approximate surface area is 94.7 Å². The molecule has 1 heterocycles. The Morgan fingerprint density at radius 2 is 1.94 bits per heavy atom. The highest BCUT2D eigenvalue weighted by Gasteiger charge is 2.10. The number of hydrogen-bond donors (Lipinski definition) is 1. The molecular weight excluding hydrogens is 200 g/mol. The molecule has 0 aliphatic carbocycles. The Balaban J connectivity index is 2.52. The Hall–Kier alpha value is -1.77. The molecule has 84 valence electrons. The minimum atomic E-state index is 0.0746. The van der Waals surface area contributed by atoms with Crippen molar-refractivity contribution in [2.24, 2.45) is 0 Å². The zero-order valence-electron chi connectivity index (χ0n) is 9.66. The van der Waals surface area contributed by atoms with Crippen molar-refractivity contribution in [1.29, 1.82) is 0 Å². The number of nitrogens with one attached hydrogen (secondary N) is 1. The molecule has 3 nitrogen and oxygen atoms in total. The number of para-hydroxylation sites is 1. The molecule has 0 unspecified atom stereocenters. The summed E-state index contributed by atoms with van der Waals surface area (Å²) in [6.07, 6.45) is 1.82. The molecule has 2 rings (SSSR count). The first kappa shape index (κ1) is 10.7. The standard InChI is InChI=1S/C13H16N2O/c1-3-7-12-10(2)14-15(13(12)16)11-8-5-4-6-9-11/h4-6,8-9,14H,3,7H2,1-2H3. The van der Waals surface area contributed by atoms with Crippen LogP contribution in [0.3, 0.4) is 0 Å². The van der Waals surface area contributed by atoms with Gasteiger partial charge in [0.2, 0.25) is 0 Å². The topological polar surface area (TPSA) is 37.8 Å². The maximum Gasteiger partial charge on any atom is 0.274 e. The summed E-state index contributed by atoms with van der Waals surface area (Å²) in [5.41, 5.74) is 2.82.